The molecule has 3 rings (SSSR count). The van der Waals surface area contributed by atoms with Crippen molar-refractivity contribution >= 4 is 17.5 Å². The third-order valence-electron chi connectivity index (χ3n) is 3.39. The summed E-state index contributed by atoms with van der Waals surface area (Å²) >= 11 is 6.22. The Morgan fingerprint density at radius 2 is 2.15 bits per heavy atom. The normalized spacial score (nSPS) is 17.3. The van der Waals surface area contributed by atoms with Crippen LogP contribution in [0.3, 0.4) is 0 Å². The van der Waals surface area contributed by atoms with E-state index >= 15 is 0 Å². The fourth-order valence-corrected chi connectivity index (χ4v) is 2.69. The molecule has 1 atom stereocenters. The molecule has 20 heavy (non-hydrogen) atoms. The molecule has 1 unspecified atom stereocenters. The van der Waals surface area contributed by atoms with Gasteiger partial charge in [-0.25, -0.2) is 4.68 Å². The zero-order valence-corrected chi connectivity index (χ0v) is 11.2. The van der Waals surface area contributed by atoms with Crippen molar-refractivity contribution in [2.75, 3.05) is 0 Å². The molecule has 0 N–H and O–H groups in total. The summed E-state index contributed by atoms with van der Waals surface area (Å²) < 4.78 is 1.35. The minimum absolute atomic E-state index is 0.147. The predicted molar refractivity (Wildman–Crippen MR) is 74.4 cm³/mol. The molecule has 0 aliphatic carbocycles. The van der Waals surface area contributed by atoms with Crippen molar-refractivity contribution in [1.29, 1.82) is 5.26 Å². The van der Waals surface area contributed by atoms with Gasteiger partial charge in [0.15, 0.2) is 0 Å². The third kappa shape index (κ3) is 2.02. The van der Waals surface area contributed by atoms with Crippen LogP contribution < -0.4 is 0 Å². The summed E-state index contributed by atoms with van der Waals surface area (Å²) in [5.41, 5.74) is 2.30. The van der Waals surface area contributed by atoms with E-state index in [9.17, 15) is 4.79 Å². The van der Waals surface area contributed by atoms with E-state index in [1.807, 2.05) is 18.2 Å². The molecule has 0 fully saturated rings. The molecule has 1 aromatic carbocycles. The monoisotopic (exact) mass is 283 g/mol. The fraction of sp³-hybridized carbons (Fsp3) is 0.133. The second-order valence-corrected chi connectivity index (χ2v) is 5.00. The summed E-state index contributed by atoms with van der Waals surface area (Å²) in [6.07, 6.45) is 3.54. The quantitative estimate of drug-likeness (QED) is 0.851. The predicted octanol–water partition coefficient (Wildman–Crippen LogP) is 2.86. The number of hydrogen-bond donors (Lipinski definition) is 0. The van der Waals surface area contributed by atoms with Crippen LogP contribution >= 0.6 is 11.6 Å². The minimum Gasteiger partial charge on any atom is -0.267 e. The molecule has 98 valence electrons. The standard InChI is InChI=1S/C15H10ClN3O/c16-13-8-15(20)19-14(5-6-18-19)12(13)7-10-3-1-2-4-11(10)9-17/h1-6,8,12H,7H2. The summed E-state index contributed by atoms with van der Waals surface area (Å²) in [6.45, 7) is 0. The molecule has 0 saturated heterocycles. The third-order valence-corrected chi connectivity index (χ3v) is 3.77. The van der Waals surface area contributed by atoms with Crippen LogP contribution in [-0.2, 0) is 6.42 Å². The molecule has 0 bridgehead atoms. The summed E-state index contributed by atoms with van der Waals surface area (Å²) in [5, 5.41) is 13.6. The first kappa shape index (κ1) is 12.6. The van der Waals surface area contributed by atoms with Crippen molar-refractivity contribution in [2.24, 2.45) is 0 Å². The number of allylic oxidation sites excluding steroid dienone is 2. The van der Waals surface area contributed by atoms with Gasteiger partial charge >= 0.3 is 0 Å². The molecule has 1 aliphatic rings. The maximum Gasteiger partial charge on any atom is 0.272 e. The van der Waals surface area contributed by atoms with Crippen LogP contribution in [0.5, 0.6) is 0 Å². The van der Waals surface area contributed by atoms with Crippen LogP contribution in [0.1, 0.15) is 27.5 Å². The topological polar surface area (TPSA) is 58.7 Å². The van der Waals surface area contributed by atoms with Crippen LogP contribution in [0.25, 0.3) is 0 Å². The number of rotatable bonds is 2. The second-order valence-electron chi connectivity index (χ2n) is 4.56. The second kappa shape index (κ2) is 4.95. The van der Waals surface area contributed by atoms with Crippen LogP contribution in [0.4, 0.5) is 0 Å². The Balaban J connectivity index is 2.01. The van der Waals surface area contributed by atoms with Gasteiger partial charge < -0.3 is 0 Å². The van der Waals surface area contributed by atoms with Gasteiger partial charge in [0.1, 0.15) is 0 Å². The highest BCUT2D eigenvalue weighted by atomic mass is 35.5. The molecule has 0 amide bonds. The number of benzene rings is 1. The Hall–Kier alpha value is -2.38. The van der Waals surface area contributed by atoms with E-state index in [2.05, 4.69) is 11.2 Å². The molecule has 0 saturated carbocycles. The highest BCUT2D eigenvalue weighted by Crippen LogP contribution is 2.34. The van der Waals surface area contributed by atoms with E-state index in [1.165, 1.54) is 10.8 Å². The van der Waals surface area contributed by atoms with Crippen molar-refractivity contribution < 1.29 is 4.79 Å². The zero-order valence-electron chi connectivity index (χ0n) is 10.5. The van der Waals surface area contributed by atoms with Gasteiger partial charge in [-0.05, 0) is 24.1 Å². The number of nitriles is 1. The molecule has 0 spiro atoms. The Bertz CT molecular complexity index is 754. The average molecular weight is 284 g/mol. The Morgan fingerprint density at radius 1 is 1.35 bits per heavy atom. The van der Waals surface area contributed by atoms with E-state index in [4.69, 9.17) is 16.9 Å². The zero-order chi connectivity index (χ0) is 14.1. The first-order valence-electron chi connectivity index (χ1n) is 6.14. The molecule has 2 aromatic rings. The smallest absolute Gasteiger partial charge is 0.267 e. The Labute approximate surface area is 120 Å². The van der Waals surface area contributed by atoms with E-state index in [1.54, 1.807) is 18.3 Å². The van der Waals surface area contributed by atoms with Crippen molar-refractivity contribution in [1.82, 2.24) is 9.78 Å². The van der Waals surface area contributed by atoms with E-state index in [0.29, 0.717) is 17.0 Å². The first-order valence-corrected chi connectivity index (χ1v) is 6.52. The van der Waals surface area contributed by atoms with Gasteiger partial charge in [0.2, 0.25) is 0 Å². The van der Waals surface area contributed by atoms with Crippen molar-refractivity contribution in [2.45, 2.75) is 12.3 Å². The summed E-state index contributed by atoms with van der Waals surface area (Å²) in [7, 11) is 0. The number of hydrogen-bond acceptors (Lipinski definition) is 3. The lowest BCUT2D eigenvalue weighted by Crippen LogP contribution is -2.22. The molecule has 5 heteroatoms. The lowest BCUT2D eigenvalue weighted by molar-refractivity contribution is 0.0944. The molecule has 2 heterocycles. The number of halogens is 1. The Morgan fingerprint density at radius 3 is 2.95 bits per heavy atom. The molecular weight excluding hydrogens is 274 g/mol. The van der Waals surface area contributed by atoms with Crippen molar-refractivity contribution in [3.8, 4) is 6.07 Å². The molecule has 0 radical (unpaired) electrons. The summed E-state index contributed by atoms with van der Waals surface area (Å²) in [5.74, 6) is -0.383. The fourth-order valence-electron chi connectivity index (χ4n) is 2.41. The molecular formula is C15H10ClN3O. The molecule has 4 nitrogen and oxygen atoms in total. The summed E-state index contributed by atoms with van der Waals surface area (Å²) in [4.78, 5) is 11.8. The highest BCUT2D eigenvalue weighted by Gasteiger charge is 2.27. The maximum absolute atomic E-state index is 11.8. The minimum atomic E-state index is -0.236. The molecule has 1 aliphatic heterocycles. The van der Waals surface area contributed by atoms with E-state index < -0.39 is 0 Å². The lowest BCUT2D eigenvalue weighted by atomic mass is 9.91. The van der Waals surface area contributed by atoms with Crippen LogP contribution in [-0.4, -0.2) is 15.7 Å². The first-order chi connectivity index (χ1) is 9.70. The van der Waals surface area contributed by atoms with Gasteiger partial charge in [-0.2, -0.15) is 10.4 Å². The van der Waals surface area contributed by atoms with E-state index in [0.717, 1.165) is 11.3 Å². The van der Waals surface area contributed by atoms with Gasteiger partial charge in [-0.1, -0.05) is 29.8 Å². The van der Waals surface area contributed by atoms with Crippen LogP contribution in [0, 0.1) is 11.3 Å². The lowest BCUT2D eigenvalue weighted by Gasteiger charge is -2.21. The van der Waals surface area contributed by atoms with E-state index in [-0.39, 0.29) is 11.8 Å². The average Bonchev–Trinajstić information content (AvgIpc) is 2.93. The maximum atomic E-state index is 11.8. The number of nitrogens with zero attached hydrogens (tertiary/aromatic N) is 3. The number of carbonyl (C=O) groups is 1. The highest BCUT2D eigenvalue weighted by molar-refractivity contribution is 6.32. The number of aromatic nitrogens is 2. The largest absolute Gasteiger partial charge is 0.272 e. The summed E-state index contributed by atoms with van der Waals surface area (Å²) in [6, 6.07) is 11.4. The Kier molecular flexibility index (Phi) is 3.13. The SMILES string of the molecule is N#Cc1ccccc1CC1C(Cl)=CC(=O)n2nccc21. The van der Waals surface area contributed by atoms with Gasteiger partial charge in [0.25, 0.3) is 5.91 Å². The van der Waals surface area contributed by atoms with Crippen LogP contribution in [0.2, 0.25) is 0 Å². The van der Waals surface area contributed by atoms with Crippen molar-refractivity contribution in [3.63, 3.8) is 0 Å². The van der Waals surface area contributed by atoms with Gasteiger partial charge in [0, 0.05) is 23.2 Å². The van der Waals surface area contributed by atoms with Gasteiger partial charge in [-0.3, -0.25) is 4.79 Å². The molecule has 1 aromatic heterocycles. The van der Waals surface area contributed by atoms with Crippen LogP contribution in [0.15, 0.2) is 47.6 Å². The van der Waals surface area contributed by atoms with Gasteiger partial charge in [0.05, 0.1) is 17.3 Å². The van der Waals surface area contributed by atoms with Gasteiger partial charge in [-0.15, -0.1) is 0 Å². The number of fused-ring (bicyclic) bond motifs is 1. The number of carbonyl (C=O) groups excluding carboxylic acids is 1. The van der Waals surface area contributed by atoms with Crippen molar-refractivity contribution in [3.05, 3.63) is 64.5 Å².